The molecule has 0 saturated heterocycles. The molecule has 0 heterocycles. The number of amides is 1. The van der Waals surface area contributed by atoms with Gasteiger partial charge in [-0.25, -0.2) is 8.78 Å². The maximum atomic E-state index is 12.8. The number of nitrogens with zero attached hydrogens (tertiary/aromatic N) is 1. The maximum absolute atomic E-state index is 12.8. The second-order valence-electron chi connectivity index (χ2n) is 2.17. The predicted octanol–water partition coefficient (Wildman–Crippen LogP) is 1.18. The van der Waals surface area contributed by atoms with Crippen LogP contribution in [0.4, 0.5) is 8.78 Å². The number of halogens is 2. The fraction of sp³-hybridized carbons (Fsp3) is 0. The van der Waals surface area contributed by atoms with Crippen LogP contribution < -0.4 is 5.32 Å². The van der Waals surface area contributed by atoms with E-state index in [1.165, 1.54) is 12.3 Å². The lowest BCUT2D eigenvalue weighted by atomic mass is 10.2. The van der Waals surface area contributed by atoms with Crippen molar-refractivity contribution in [3.05, 3.63) is 35.4 Å². The number of carbonyl (C=O) groups excluding carboxylic acids is 1. The van der Waals surface area contributed by atoms with Crippen LogP contribution >= 0.6 is 0 Å². The molecule has 0 atom stereocenters. The Balaban J connectivity index is 3.09. The van der Waals surface area contributed by atoms with Crippen LogP contribution in [0.3, 0.4) is 0 Å². The molecule has 0 unspecified atom stereocenters. The van der Waals surface area contributed by atoms with Gasteiger partial charge in [0.1, 0.15) is 0 Å². The number of benzene rings is 1. The van der Waals surface area contributed by atoms with Crippen molar-refractivity contribution in [2.75, 3.05) is 0 Å². The molecule has 0 aliphatic heterocycles. The molecule has 0 aliphatic carbocycles. The molecule has 1 rings (SSSR count). The molecule has 5 heteroatoms. The summed E-state index contributed by atoms with van der Waals surface area (Å²) in [7, 11) is 0. The van der Waals surface area contributed by atoms with Gasteiger partial charge in [0.05, 0.1) is 5.56 Å². The number of nitriles is 1. The molecule has 0 fully saturated rings. The van der Waals surface area contributed by atoms with Crippen molar-refractivity contribution in [2.45, 2.75) is 0 Å². The van der Waals surface area contributed by atoms with Crippen LogP contribution in [0.5, 0.6) is 0 Å². The lowest BCUT2D eigenvalue weighted by molar-refractivity contribution is 0.0968. The number of hydrogen-bond donors (Lipinski definition) is 1. The first-order valence-electron chi connectivity index (χ1n) is 3.30. The third-order valence-electron chi connectivity index (χ3n) is 1.37. The minimum atomic E-state index is -1.25. The van der Waals surface area contributed by atoms with E-state index in [0.717, 1.165) is 12.1 Å². The third kappa shape index (κ3) is 1.79. The van der Waals surface area contributed by atoms with Crippen LogP contribution in [0.2, 0.25) is 0 Å². The number of carbonyl (C=O) groups is 1. The average molecular weight is 182 g/mol. The summed E-state index contributed by atoms with van der Waals surface area (Å²) in [5.41, 5.74) is -0.485. The van der Waals surface area contributed by atoms with Crippen molar-refractivity contribution >= 4 is 5.91 Å². The first kappa shape index (κ1) is 9.13. The number of hydrogen-bond acceptors (Lipinski definition) is 2. The van der Waals surface area contributed by atoms with Gasteiger partial charge in [-0.15, -0.1) is 0 Å². The van der Waals surface area contributed by atoms with Gasteiger partial charge < -0.3 is 0 Å². The molecule has 0 radical (unpaired) electrons. The lowest BCUT2D eigenvalue weighted by Crippen LogP contribution is -2.19. The highest BCUT2D eigenvalue weighted by atomic mass is 19.2. The SMILES string of the molecule is N#CNC(=O)c1cccc(F)c1F. The zero-order valence-electron chi connectivity index (χ0n) is 6.34. The van der Waals surface area contributed by atoms with E-state index in [0.29, 0.717) is 0 Å². The molecule has 1 amide bonds. The molecule has 66 valence electrons. The Kier molecular flexibility index (Phi) is 2.55. The van der Waals surface area contributed by atoms with Gasteiger partial charge in [0.15, 0.2) is 17.8 Å². The zero-order chi connectivity index (χ0) is 9.84. The molecule has 0 aromatic heterocycles. The van der Waals surface area contributed by atoms with Gasteiger partial charge in [-0.3, -0.25) is 10.1 Å². The Morgan fingerprint density at radius 2 is 2.15 bits per heavy atom. The predicted molar refractivity (Wildman–Crippen MR) is 39.4 cm³/mol. The standard InChI is InChI=1S/C8H4F2N2O/c9-6-3-1-2-5(7(6)10)8(13)12-4-11/h1-3H,(H,12,13). The topological polar surface area (TPSA) is 52.9 Å². The molecule has 1 aromatic rings. The third-order valence-corrected chi connectivity index (χ3v) is 1.37. The van der Waals surface area contributed by atoms with Gasteiger partial charge in [-0.2, -0.15) is 5.26 Å². The van der Waals surface area contributed by atoms with Gasteiger partial charge in [0.2, 0.25) is 0 Å². The van der Waals surface area contributed by atoms with Crippen molar-refractivity contribution in [1.82, 2.24) is 5.32 Å². The molecule has 1 N–H and O–H groups in total. The molecule has 0 aliphatic rings. The monoisotopic (exact) mass is 182 g/mol. The van der Waals surface area contributed by atoms with E-state index >= 15 is 0 Å². The minimum Gasteiger partial charge on any atom is -0.268 e. The van der Waals surface area contributed by atoms with Crippen LogP contribution in [0.25, 0.3) is 0 Å². The summed E-state index contributed by atoms with van der Waals surface area (Å²) >= 11 is 0. The fourth-order valence-corrected chi connectivity index (χ4v) is 0.797. The quantitative estimate of drug-likeness (QED) is 0.523. The first-order valence-corrected chi connectivity index (χ1v) is 3.30. The van der Waals surface area contributed by atoms with Gasteiger partial charge >= 0.3 is 0 Å². The Bertz CT molecular complexity index is 384. The summed E-state index contributed by atoms with van der Waals surface area (Å²) in [4.78, 5) is 10.9. The van der Waals surface area contributed by atoms with E-state index in [9.17, 15) is 13.6 Å². The van der Waals surface area contributed by atoms with E-state index in [1.807, 2.05) is 0 Å². The number of rotatable bonds is 1. The van der Waals surface area contributed by atoms with Gasteiger partial charge in [-0.1, -0.05) is 6.07 Å². The molecule has 1 aromatic carbocycles. The van der Waals surface area contributed by atoms with Crippen LogP contribution in [0.1, 0.15) is 10.4 Å². The van der Waals surface area contributed by atoms with E-state index < -0.39 is 23.1 Å². The summed E-state index contributed by atoms with van der Waals surface area (Å²) in [6.07, 6.45) is 1.32. The summed E-state index contributed by atoms with van der Waals surface area (Å²) in [5.74, 6) is -3.33. The lowest BCUT2D eigenvalue weighted by Gasteiger charge is -1.99. The Morgan fingerprint density at radius 1 is 1.46 bits per heavy atom. The Hall–Kier alpha value is -1.96. The molecule has 13 heavy (non-hydrogen) atoms. The molecular weight excluding hydrogens is 178 g/mol. The van der Waals surface area contributed by atoms with Crippen LogP contribution in [0.15, 0.2) is 18.2 Å². The van der Waals surface area contributed by atoms with Crippen LogP contribution in [-0.2, 0) is 0 Å². The van der Waals surface area contributed by atoms with E-state index in [-0.39, 0.29) is 0 Å². The van der Waals surface area contributed by atoms with E-state index in [4.69, 9.17) is 5.26 Å². The Labute approximate surface area is 72.6 Å². The number of nitrogens with one attached hydrogen (secondary N) is 1. The molecule has 0 spiro atoms. The van der Waals surface area contributed by atoms with Crippen molar-refractivity contribution in [2.24, 2.45) is 0 Å². The highest BCUT2D eigenvalue weighted by Crippen LogP contribution is 2.10. The van der Waals surface area contributed by atoms with E-state index in [2.05, 4.69) is 0 Å². The highest BCUT2D eigenvalue weighted by molar-refractivity contribution is 5.95. The highest BCUT2D eigenvalue weighted by Gasteiger charge is 2.13. The smallest absolute Gasteiger partial charge is 0.267 e. The van der Waals surface area contributed by atoms with Crippen LogP contribution in [-0.4, -0.2) is 5.91 Å². The molecule has 0 bridgehead atoms. The second kappa shape index (κ2) is 3.63. The van der Waals surface area contributed by atoms with Crippen molar-refractivity contribution in [3.8, 4) is 6.19 Å². The summed E-state index contributed by atoms with van der Waals surface area (Å²) in [6, 6.07) is 3.16. The summed E-state index contributed by atoms with van der Waals surface area (Å²) < 4.78 is 25.4. The largest absolute Gasteiger partial charge is 0.268 e. The van der Waals surface area contributed by atoms with Gasteiger partial charge in [-0.05, 0) is 12.1 Å². The average Bonchev–Trinajstić information content (AvgIpc) is 2.10. The van der Waals surface area contributed by atoms with Crippen molar-refractivity contribution < 1.29 is 13.6 Å². The maximum Gasteiger partial charge on any atom is 0.267 e. The zero-order valence-corrected chi connectivity index (χ0v) is 6.34. The van der Waals surface area contributed by atoms with Gasteiger partial charge in [0.25, 0.3) is 5.91 Å². The molecular formula is C8H4F2N2O. The normalized spacial score (nSPS) is 9.00. The van der Waals surface area contributed by atoms with Crippen LogP contribution in [0, 0.1) is 23.1 Å². The van der Waals surface area contributed by atoms with Gasteiger partial charge in [0, 0.05) is 0 Å². The molecule has 0 saturated carbocycles. The molecule has 3 nitrogen and oxygen atoms in total. The van der Waals surface area contributed by atoms with Crippen molar-refractivity contribution in [1.29, 1.82) is 5.26 Å². The first-order chi connectivity index (χ1) is 6.16. The summed E-state index contributed by atoms with van der Waals surface area (Å²) in [5, 5.41) is 9.75. The minimum absolute atomic E-state index is 0.485. The summed E-state index contributed by atoms with van der Waals surface area (Å²) in [6.45, 7) is 0. The Morgan fingerprint density at radius 3 is 2.77 bits per heavy atom. The van der Waals surface area contributed by atoms with Crippen molar-refractivity contribution in [3.63, 3.8) is 0 Å². The van der Waals surface area contributed by atoms with E-state index in [1.54, 1.807) is 5.32 Å². The fourth-order valence-electron chi connectivity index (χ4n) is 0.797. The second-order valence-corrected chi connectivity index (χ2v) is 2.17.